The molecular weight excluding hydrogens is 807 g/mol. The number of likely N-dealkylation sites (N-methyl/N-ethyl adjacent to an activating group) is 1. The van der Waals surface area contributed by atoms with Crippen molar-refractivity contribution in [3.8, 4) is 0 Å². The van der Waals surface area contributed by atoms with Crippen molar-refractivity contribution < 1.29 is 38.4 Å². The first kappa shape index (κ1) is 58.7. The molecule has 17 nitrogen and oxygen atoms in total. The normalized spacial score (nSPS) is 13.4. The molecule has 3 atom stereocenters. The molecule has 364 valence electrons. The third kappa shape index (κ3) is 25.0. The summed E-state index contributed by atoms with van der Waals surface area (Å²) in [5.74, 6) is -4.07. The van der Waals surface area contributed by atoms with Crippen LogP contribution in [0.5, 0.6) is 0 Å². The van der Waals surface area contributed by atoms with Crippen LogP contribution >= 0.6 is 0 Å². The van der Waals surface area contributed by atoms with Crippen molar-refractivity contribution in [1.29, 1.82) is 0 Å². The van der Waals surface area contributed by atoms with Crippen molar-refractivity contribution >= 4 is 47.3 Å². The van der Waals surface area contributed by atoms with Crippen LogP contribution in [-0.4, -0.2) is 109 Å². The van der Waals surface area contributed by atoms with Crippen LogP contribution < -0.4 is 47.9 Å². The molecule has 17 heteroatoms. The standard InChI is InChI=1S/C46H87N9O8/c1-15-16-17-18-19-20-21-22-37(57)50-34(28-31(4)5)39(59)53-45(10,11)42(62)52-33(27-30(2)3)38(58)51-35(29-32(6)7)40(60)54-46(12,13)43(63)55-44(8,9)41(61)49-24-23-36(56)48-26-25-47-14/h30-35,47H,15-29H2,1-14H3,(H,48,56)(H,49,61)(H,50,57)(H,51,58)(H,52,62)(H,53,59)(H,54,60)(H,55,63)/t33-,34-,35-/m0/s1. The second kappa shape index (κ2) is 29.2. The molecule has 0 aromatic heterocycles. The van der Waals surface area contributed by atoms with Gasteiger partial charge < -0.3 is 47.9 Å². The van der Waals surface area contributed by atoms with Crippen LogP contribution in [0.4, 0.5) is 0 Å². The van der Waals surface area contributed by atoms with E-state index in [9.17, 15) is 38.4 Å². The minimum absolute atomic E-state index is 0.0539. The first-order chi connectivity index (χ1) is 29.2. The zero-order valence-corrected chi connectivity index (χ0v) is 41.3. The van der Waals surface area contributed by atoms with Crippen LogP contribution in [0.25, 0.3) is 0 Å². The Kier molecular flexibility index (Phi) is 27.2. The topological polar surface area (TPSA) is 245 Å². The summed E-state index contributed by atoms with van der Waals surface area (Å²) in [5.41, 5.74) is -4.42. The molecule has 0 aromatic rings. The van der Waals surface area contributed by atoms with Gasteiger partial charge in [0.25, 0.3) is 0 Å². The summed E-state index contributed by atoms with van der Waals surface area (Å²) >= 11 is 0. The largest absolute Gasteiger partial charge is 0.355 e. The van der Waals surface area contributed by atoms with Crippen LogP contribution in [0, 0.1) is 17.8 Å². The molecule has 8 amide bonds. The fourth-order valence-corrected chi connectivity index (χ4v) is 6.56. The van der Waals surface area contributed by atoms with E-state index in [1.165, 1.54) is 60.8 Å². The Hall–Kier alpha value is -4.28. The van der Waals surface area contributed by atoms with Gasteiger partial charge in [-0.1, -0.05) is 87.0 Å². The van der Waals surface area contributed by atoms with E-state index >= 15 is 0 Å². The van der Waals surface area contributed by atoms with Crippen LogP contribution in [0.1, 0.15) is 167 Å². The second-order valence-electron chi connectivity index (χ2n) is 19.7. The molecule has 0 radical (unpaired) electrons. The van der Waals surface area contributed by atoms with Crippen molar-refractivity contribution in [2.75, 3.05) is 26.7 Å². The third-order valence-electron chi connectivity index (χ3n) is 10.4. The molecule has 0 aromatic carbocycles. The van der Waals surface area contributed by atoms with E-state index in [1.807, 2.05) is 41.5 Å². The first-order valence-electron chi connectivity index (χ1n) is 23.3. The third-order valence-corrected chi connectivity index (χ3v) is 10.4. The molecule has 0 unspecified atom stereocenters. The van der Waals surface area contributed by atoms with Crippen molar-refractivity contribution in [2.24, 2.45) is 17.8 Å². The van der Waals surface area contributed by atoms with Gasteiger partial charge in [0.15, 0.2) is 0 Å². The number of nitrogens with one attached hydrogen (secondary N) is 9. The minimum Gasteiger partial charge on any atom is -0.355 e. The fourth-order valence-electron chi connectivity index (χ4n) is 6.56. The van der Waals surface area contributed by atoms with Crippen LogP contribution in [0.15, 0.2) is 0 Å². The van der Waals surface area contributed by atoms with E-state index in [0.717, 1.165) is 25.7 Å². The molecule has 0 saturated heterocycles. The van der Waals surface area contributed by atoms with Crippen molar-refractivity contribution in [1.82, 2.24) is 47.9 Å². The number of unbranched alkanes of at least 4 members (excludes halogenated alkanes) is 6. The molecule has 0 saturated carbocycles. The lowest BCUT2D eigenvalue weighted by atomic mass is 9.96. The molecule has 0 spiro atoms. The second-order valence-corrected chi connectivity index (χ2v) is 19.7. The van der Waals surface area contributed by atoms with Gasteiger partial charge in [0, 0.05) is 32.5 Å². The summed E-state index contributed by atoms with van der Waals surface area (Å²) < 4.78 is 0. The maximum absolute atomic E-state index is 13.9. The number of amides is 8. The number of hydrogen-bond donors (Lipinski definition) is 9. The Morgan fingerprint density at radius 2 is 0.873 bits per heavy atom. The van der Waals surface area contributed by atoms with Gasteiger partial charge >= 0.3 is 0 Å². The summed E-state index contributed by atoms with van der Waals surface area (Å²) in [6, 6.07) is -3.04. The Labute approximate surface area is 378 Å². The van der Waals surface area contributed by atoms with E-state index in [1.54, 1.807) is 7.05 Å². The van der Waals surface area contributed by atoms with E-state index < -0.39 is 70.2 Å². The Morgan fingerprint density at radius 1 is 0.429 bits per heavy atom. The van der Waals surface area contributed by atoms with E-state index in [0.29, 0.717) is 25.9 Å². The van der Waals surface area contributed by atoms with Crippen molar-refractivity contribution in [2.45, 2.75) is 202 Å². The molecule has 0 bridgehead atoms. The lowest BCUT2D eigenvalue weighted by molar-refractivity contribution is -0.139. The quantitative estimate of drug-likeness (QED) is 0.0450. The Morgan fingerprint density at radius 3 is 1.37 bits per heavy atom. The van der Waals surface area contributed by atoms with Crippen LogP contribution in [0.2, 0.25) is 0 Å². The van der Waals surface area contributed by atoms with Gasteiger partial charge in [-0.3, -0.25) is 38.4 Å². The number of carbonyl (C=O) groups is 8. The van der Waals surface area contributed by atoms with Crippen LogP contribution in [-0.2, 0) is 38.4 Å². The van der Waals surface area contributed by atoms with E-state index in [4.69, 9.17) is 0 Å². The maximum atomic E-state index is 13.9. The molecule has 0 fully saturated rings. The lowest BCUT2D eigenvalue weighted by Gasteiger charge is -2.33. The molecule has 0 aliphatic rings. The van der Waals surface area contributed by atoms with Gasteiger partial charge in [-0.25, -0.2) is 0 Å². The summed E-state index contributed by atoms with van der Waals surface area (Å²) in [6.45, 7) is 23.7. The highest BCUT2D eigenvalue weighted by Crippen LogP contribution is 2.15. The van der Waals surface area contributed by atoms with Gasteiger partial charge in [0.1, 0.15) is 34.7 Å². The fraction of sp³-hybridized carbons (Fsp3) is 0.826. The molecule has 9 N–H and O–H groups in total. The SMILES string of the molecule is CCCCCCCCCC(=O)N[C@@H](CC(C)C)C(=O)NC(C)(C)C(=O)N[C@@H](CC(C)C)C(=O)N[C@@H](CC(C)C)C(=O)NC(C)(C)C(=O)NC(C)(C)C(=O)NCCC(=O)NCCNC. The highest BCUT2D eigenvalue weighted by molar-refractivity contribution is 5.99. The van der Waals surface area contributed by atoms with Gasteiger partial charge in [-0.15, -0.1) is 0 Å². The summed E-state index contributed by atoms with van der Waals surface area (Å²) in [7, 11) is 1.77. The zero-order chi connectivity index (χ0) is 48.6. The van der Waals surface area contributed by atoms with E-state index in [-0.39, 0.29) is 55.4 Å². The molecule has 0 rings (SSSR count). The summed E-state index contributed by atoms with van der Waals surface area (Å²) in [4.78, 5) is 107. The first-order valence-corrected chi connectivity index (χ1v) is 23.3. The van der Waals surface area contributed by atoms with Gasteiger partial charge in [-0.05, 0) is 92.0 Å². The van der Waals surface area contributed by atoms with Gasteiger partial charge in [0.05, 0.1) is 0 Å². The number of hydrogen-bond acceptors (Lipinski definition) is 9. The monoisotopic (exact) mass is 894 g/mol. The number of rotatable bonds is 32. The average molecular weight is 894 g/mol. The van der Waals surface area contributed by atoms with Crippen molar-refractivity contribution in [3.05, 3.63) is 0 Å². The highest BCUT2D eigenvalue weighted by Gasteiger charge is 2.40. The Balaban J connectivity index is 5.79. The molecular formula is C46H87N9O8. The Bertz CT molecular complexity index is 1480. The molecule has 0 heterocycles. The lowest BCUT2D eigenvalue weighted by Crippen LogP contribution is -2.65. The summed E-state index contributed by atoms with van der Waals surface area (Å²) in [5, 5.41) is 24.9. The van der Waals surface area contributed by atoms with E-state index in [2.05, 4.69) is 54.8 Å². The smallest absolute Gasteiger partial charge is 0.246 e. The predicted molar refractivity (Wildman–Crippen MR) is 248 cm³/mol. The zero-order valence-electron chi connectivity index (χ0n) is 41.3. The number of carbonyl (C=O) groups excluding carboxylic acids is 8. The van der Waals surface area contributed by atoms with Crippen LogP contribution in [0.3, 0.4) is 0 Å². The highest BCUT2D eigenvalue weighted by atomic mass is 16.2. The predicted octanol–water partition coefficient (Wildman–Crippen LogP) is 3.25. The molecule has 63 heavy (non-hydrogen) atoms. The average Bonchev–Trinajstić information content (AvgIpc) is 3.15. The summed E-state index contributed by atoms with van der Waals surface area (Å²) in [6.07, 6.45) is 8.61. The molecule has 0 aliphatic heterocycles. The maximum Gasteiger partial charge on any atom is 0.246 e. The minimum atomic E-state index is -1.53. The van der Waals surface area contributed by atoms with Gasteiger partial charge in [0.2, 0.25) is 47.3 Å². The van der Waals surface area contributed by atoms with Gasteiger partial charge in [-0.2, -0.15) is 0 Å². The molecule has 0 aliphatic carbocycles. The van der Waals surface area contributed by atoms with Crippen molar-refractivity contribution in [3.63, 3.8) is 0 Å².